The lowest BCUT2D eigenvalue weighted by Crippen LogP contribution is -2.60. The Morgan fingerprint density at radius 2 is 1.67 bits per heavy atom. The average molecular weight is 617 g/mol. The summed E-state index contributed by atoms with van der Waals surface area (Å²) in [5.41, 5.74) is 3.57. The quantitative estimate of drug-likeness (QED) is 0.260. The molecule has 4 rings (SSSR count). The summed E-state index contributed by atoms with van der Waals surface area (Å²) in [4.78, 5) is 26.6. The summed E-state index contributed by atoms with van der Waals surface area (Å²) in [7, 11) is -4.08. The van der Waals surface area contributed by atoms with Gasteiger partial charge in [0.1, 0.15) is 0 Å². The number of ether oxygens (including phenoxy) is 2. The second kappa shape index (κ2) is 14.5. The first-order valence-corrected chi connectivity index (χ1v) is 16.3. The number of fused-ring (bicyclic) bond motifs is 1. The van der Waals surface area contributed by atoms with Crippen LogP contribution in [0.25, 0.3) is 0 Å². The van der Waals surface area contributed by atoms with Crippen LogP contribution in [0.15, 0.2) is 53.4 Å². The third-order valence-electron chi connectivity index (χ3n) is 7.23. The lowest BCUT2D eigenvalue weighted by molar-refractivity contribution is -0.148. The molecule has 43 heavy (non-hydrogen) atoms. The highest BCUT2D eigenvalue weighted by Crippen LogP contribution is 2.35. The summed E-state index contributed by atoms with van der Waals surface area (Å²) in [5.74, 6) is -0.0278. The summed E-state index contributed by atoms with van der Waals surface area (Å²) in [6.07, 6.45) is 1.00. The fourth-order valence-electron chi connectivity index (χ4n) is 4.93. The van der Waals surface area contributed by atoms with Crippen LogP contribution in [-0.2, 0) is 26.0 Å². The van der Waals surface area contributed by atoms with Crippen molar-refractivity contribution >= 4 is 21.8 Å². The van der Waals surface area contributed by atoms with Gasteiger partial charge < -0.3 is 19.9 Å². The predicted molar refractivity (Wildman–Crippen MR) is 162 cm³/mol. The first-order valence-electron chi connectivity index (χ1n) is 14.9. The SMILES string of the molecule is CC(C)CC(=O)N(NC(=O)CNC1CC1)C(Cc1ccccc1)[C@H](O)CN(CC(C)C)S(=O)(=O)c1ccc2c(c1)OCO2. The number of carbonyl (C=O) groups excluding carboxylic acids is 2. The first kappa shape index (κ1) is 32.7. The van der Waals surface area contributed by atoms with Crippen LogP contribution in [0.3, 0.4) is 0 Å². The normalized spacial score (nSPS) is 16.0. The number of sulfonamides is 1. The molecule has 236 valence electrons. The Bertz CT molecular complexity index is 1350. The summed E-state index contributed by atoms with van der Waals surface area (Å²) < 4.78 is 39.8. The number of nitrogens with zero attached hydrogens (tertiary/aromatic N) is 2. The fraction of sp³-hybridized carbons (Fsp3) is 0.548. The largest absolute Gasteiger partial charge is 0.454 e. The molecule has 1 saturated carbocycles. The van der Waals surface area contributed by atoms with Gasteiger partial charge in [-0.25, -0.2) is 13.4 Å². The van der Waals surface area contributed by atoms with Gasteiger partial charge in [0, 0.05) is 31.6 Å². The van der Waals surface area contributed by atoms with Crippen molar-refractivity contribution in [3.63, 3.8) is 0 Å². The molecule has 1 fully saturated rings. The molecule has 0 bridgehead atoms. The van der Waals surface area contributed by atoms with Gasteiger partial charge in [-0.1, -0.05) is 58.0 Å². The summed E-state index contributed by atoms with van der Waals surface area (Å²) in [6.45, 7) is 7.45. The predicted octanol–water partition coefficient (Wildman–Crippen LogP) is 2.69. The second-order valence-corrected chi connectivity index (χ2v) is 14.0. The average Bonchev–Trinajstić information content (AvgIpc) is 3.67. The minimum atomic E-state index is -4.08. The summed E-state index contributed by atoms with van der Waals surface area (Å²) >= 11 is 0. The van der Waals surface area contributed by atoms with Crippen LogP contribution in [-0.4, -0.2) is 79.3 Å². The number of amides is 2. The van der Waals surface area contributed by atoms with Gasteiger partial charge in [0.25, 0.3) is 5.91 Å². The number of hydrazine groups is 1. The molecule has 2 atom stereocenters. The molecule has 12 heteroatoms. The van der Waals surface area contributed by atoms with Crippen molar-refractivity contribution in [3.05, 3.63) is 54.1 Å². The van der Waals surface area contributed by atoms with E-state index in [0.29, 0.717) is 17.5 Å². The number of benzene rings is 2. The van der Waals surface area contributed by atoms with Gasteiger partial charge in [0.15, 0.2) is 11.5 Å². The molecule has 0 aromatic heterocycles. The minimum absolute atomic E-state index is 0.00478. The molecule has 11 nitrogen and oxygen atoms in total. The lowest BCUT2D eigenvalue weighted by Gasteiger charge is -2.37. The van der Waals surface area contributed by atoms with E-state index in [9.17, 15) is 23.1 Å². The second-order valence-electron chi connectivity index (χ2n) is 12.1. The Hall–Kier alpha value is -3.19. The van der Waals surface area contributed by atoms with E-state index in [1.165, 1.54) is 21.4 Å². The van der Waals surface area contributed by atoms with Gasteiger partial charge >= 0.3 is 0 Å². The molecule has 0 spiro atoms. The number of aliphatic hydroxyl groups is 1. The van der Waals surface area contributed by atoms with E-state index in [2.05, 4.69) is 10.7 Å². The van der Waals surface area contributed by atoms with Crippen molar-refractivity contribution in [3.8, 4) is 11.5 Å². The Morgan fingerprint density at radius 3 is 2.33 bits per heavy atom. The lowest BCUT2D eigenvalue weighted by atomic mass is 9.99. The molecule has 3 N–H and O–H groups in total. The molecule has 2 amide bonds. The van der Waals surface area contributed by atoms with Crippen LogP contribution in [0.2, 0.25) is 0 Å². The standard InChI is InChI=1S/C31H44N4O7S/c1-21(2)14-31(38)35(33-30(37)17-32-24-10-11-24)26(15-23-8-6-5-7-9-23)27(36)19-34(18-22(3)4)43(39,40)25-12-13-28-29(16-25)42-20-41-28/h5-9,12-13,16,21-22,24,26-27,32,36H,10-11,14-15,17-20H2,1-4H3,(H,33,37)/t26?,27-/m1/s1. The highest BCUT2D eigenvalue weighted by atomic mass is 32.2. The van der Waals surface area contributed by atoms with Gasteiger partial charge in [0.2, 0.25) is 22.7 Å². The van der Waals surface area contributed by atoms with E-state index in [4.69, 9.17) is 9.47 Å². The number of carbonyl (C=O) groups is 2. The van der Waals surface area contributed by atoms with Gasteiger partial charge in [-0.3, -0.25) is 15.0 Å². The molecular weight excluding hydrogens is 572 g/mol. The van der Waals surface area contributed by atoms with Crippen LogP contribution < -0.4 is 20.2 Å². The maximum Gasteiger partial charge on any atom is 0.252 e. The molecule has 2 aromatic carbocycles. The third kappa shape index (κ3) is 9.15. The van der Waals surface area contributed by atoms with Crippen molar-refractivity contribution in [1.29, 1.82) is 0 Å². The Balaban J connectivity index is 1.65. The van der Waals surface area contributed by atoms with E-state index >= 15 is 0 Å². The van der Waals surface area contributed by atoms with E-state index in [1.807, 2.05) is 58.0 Å². The topological polar surface area (TPSA) is 138 Å². The van der Waals surface area contributed by atoms with E-state index in [0.717, 1.165) is 18.4 Å². The number of hydrogen-bond acceptors (Lipinski definition) is 8. The highest BCUT2D eigenvalue weighted by Gasteiger charge is 2.36. The first-order chi connectivity index (χ1) is 20.4. The van der Waals surface area contributed by atoms with Crippen molar-refractivity contribution < 1.29 is 32.6 Å². The van der Waals surface area contributed by atoms with Gasteiger partial charge in [-0.15, -0.1) is 0 Å². The van der Waals surface area contributed by atoms with Crippen LogP contribution in [0.4, 0.5) is 0 Å². The smallest absolute Gasteiger partial charge is 0.252 e. The Labute approximate surface area is 254 Å². The van der Waals surface area contributed by atoms with Gasteiger partial charge in [-0.2, -0.15) is 4.31 Å². The minimum Gasteiger partial charge on any atom is -0.454 e. The highest BCUT2D eigenvalue weighted by molar-refractivity contribution is 7.89. The molecule has 0 radical (unpaired) electrons. The van der Waals surface area contributed by atoms with E-state index in [1.54, 1.807) is 6.07 Å². The summed E-state index contributed by atoms with van der Waals surface area (Å²) in [5, 5.41) is 16.2. The van der Waals surface area contributed by atoms with Gasteiger partial charge in [0.05, 0.1) is 23.6 Å². The van der Waals surface area contributed by atoms with Gasteiger partial charge in [-0.05, 0) is 48.8 Å². The molecule has 0 saturated heterocycles. The molecule has 1 unspecified atom stereocenters. The Morgan fingerprint density at radius 1 is 0.977 bits per heavy atom. The number of nitrogens with one attached hydrogen (secondary N) is 2. The van der Waals surface area contributed by atoms with Crippen molar-refractivity contribution in [2.24, 2.45) is 11.8 Å². The number of rotatable bonds is 15. The van der Waals surface area contributed by atoms with Crippen molar-refractivity contribution in [2.45, 2.75) is 76.5 Å². The zero-order chi connectivity index (χ0) is 31.1. The molecule has 2 aliphatic rings. The van der Waals surface area contributed by atoms with Crippen molar-refractivity contribution in [1.82, 2.24) is 20.1 Å². The molecule has 1 heterocycles. The zero-order valence-corrected chi connectivity index (χ0v) is 26.2. The van der Waals surface area contributed by atoms with Crippen molar-refractivity contribution in [2.75, 3.05) is 26.4 Å². The van der Waals surface area contributed by atoms with Crippen LogP contribution >= 0.6 is 0 Å². The van der Waals surface area contributed by atoms with E-state index < -0.39 is 28.1 Å². The van der Waals surface area contributed by atoms with Crippen LogP contribution in [0, 0.1) is 11.8 Å². The van der Waals surface area contributed by atoms with Crippen LogP contribution in [0.1, 0.15) is 52.5 Å². The molecule has 1 aliphatic heterocycles. The molecule has 2 aromatic rings. The van der Waals surface area contributed by atoms with Crippen LogP contribution in [0.5, 0.6) is 11.5 Å². The molecule has 1 aliphatic carbocycles. The number of hydrogen-bond donors (Lipinski definition) is 3. The third-order valence-corrected chi connectivity index (χ3v) is 9.06. The maximum atomic E-state index is 13.9. The fourth-order valence-corrected chi connectivity index (χ4v) is 6.56. The summed E-state index contributed by atoms with van der Waals surface area (Å²) in [6, 6.07) is 13.1. The van der Waals surface area contributed by atoms with E-state index in [-0.39, 0.29) is 61.9 Å². The molecular formula is C31H44N4O7S. The number of aliphatic hydroxyl groups excluding tert-OH is 1. The maximum absolute atomic E-state index is 13.9. The monoisotopic (exact) mass is 616 g/mol. The Kier molecular flexibility index (Phi) is 11.0. The zero-order valence-electron chi connectivity index (χ0n) is 25.4.